The van der Waals surface area contributed by atoms with Gasteiger partial charge in [0.1, 0.15) is 12.1 Å². The molecule has 0 saturated carbocycles. The van der Waals surface area contributed by atoms with Gasteiger partial charge in [0.25, 0.3) is 0 Å². The van der Waals surface area contributed by atoms with E-state index in [1.165, 1.54) is 0 Å². The molecule has 114 valence electrons. The number of nitrogens with one attached hydrogen (secondary N) is 1. The number of carbonyl (C=O) groups is 3. The SMILES string of the molecule is Cc1ccc(C(N)C(=O)NC(CCC(N)=O)C(=O)O)cc1. The molecule has 0 aliphatic carbocycles. The molecule has 0 spiro atoms. The number of aliphatic carboxylic acids is 1. The molecule has 0 heterocycles. The summed E-state index contributed by atoms with van der Waals surface area (Å²) in [5, 5.41) is 11.3. The van der Waals surface area contributed by atoms with Crippen LogP contribution in [0.4, 0.5) is 0 Å². The van der Waals surface area contributed by atoms with E-state index >= 15 is 0 Å². The van der Waals surface area contributed by atoms with Gasteiger partial charge in [0.2, 0.25) is 11.8 Å². The van der Waals surface area contributed by atoms with Gasteiger partial charge in [0, 0.05) is 6.42 Å². The minimum atomic E-state index is -1.24. The standard InChI is InChI=1S/C14H19N3O4/c1-8-2-4-9(5-3-8)12(16)13(19)17-10(14(20)21)6-7-11(15)18/h2-5,10,12H,6-7,16H2,1H3,(H2,15,18)(H,17,19)(H,20,21). The molecule has 0 bridgehead atoms. The van der Waals surface area contributed by atoms with Gasteiger partial charge in [-0.15, -0.1) is 0 Å². The number of carboxylic acids is 1. The van der Waals surface area contributed by atoms with Crippen LogP contribution in [0.15, 0.2) is 24.3 Å². The van der Waals surface area contributed by atoms with Gasteiger partial charge in [-0.25, -0.2) is 4.79 Å². The lowest BCUT2D eigenvalue weighted by molar-refractivity contribution is -0.142. The molecule has 2 atom stereocenters. The smallest absolute Gasteiger partial charge is 0.326 e. The van der Waals surface area contributed by atoms with Crippen molar-refractivity contribution in [1.29, 1.82) is 0 Å². The molecule has 7 nitrogen and oxygen atoms in total. The molecule has 0 saturated heterocycles. The van der Waals surface area contributed by atoms with Crippen molar-refractivity contribution in [2.75, 3.05) is 0 Å². The monoisotopic (exact) mass is 293 g/mol. The Balaban J connectivity index is 2.70. The van der Waals surface area contributed by atoms with Crippen LogP contribution in [0.1, 0.15) is 30.0 Å². The van der Waals surface area contributed by atoms with Crippen LogP contribution in [0.25, 0.3) is 0 Å². The maximum absolute atomic E-state index is 12.0. The van der Waals surface area contributed by atoms with Crippen LogP contribution in [-0.2, 0) is 14.4 Å². The molecule has 0 radical (unpaired) electrons. The third-order valence-corrected chi connectivity index (χ3v) is 3.01. The number of primary amides is 1. The van der Waals surface area contributed by atoms with E-state index in [2.05, 4.69) is 5.32 Å². The number of benzene rings is 1. The molecule has 2 unspecified atom stereocenters. The van der Waals surface area contributed by atoms with Crippen molar-refractivity contribution in [3.8, 4) is 0 Å². The van der Waals surface area contributed by atoms with Gasteiger partial charge in [-0.05, 0) is 18.9 Å². The number of nitrogens with two attached hydrogens (primary N) is 2. The molecule has 21 heavy (non-hydrogen) atoms. The maximum Gasteiger partial charge on any atom is 0.326 e. The molecular formula is C14H19N3O4. The number of hydrogen-bond donors (Lipinski definition) is 4. The van der Waals surface area contributed by atoms with Gasteiger partial charge < -0.3 is 21.9 Å². The number of carboxylic acid groups (broad SMARTS) is 1. The first-order valence-electron chi connectivity index (χ1n) is 6.45. The first-order valence-corrected chi connectivity index (χ1v) is 6.45. The maximum atomic E-state index is 12.0. The zero-order valence-corrected chi connectivity index (χ0v) is 11.7. The van der Waals surface area contributed by atoms with E-state index in [1.807, 2.05) is 19.1 Å². The lowest BCUT2D eigenvalue weighted by Gasteiger charge is -2.17. The Morgan fingerprint density at radius 1 is 1.24 bits per heavy atom. The summed E-state index contributed by atoms with van der Waals surface area (Å²) < 4.78 is 0. The van der Waals surface area contributed by atoms with E-state index in [1.54, 1.807) is 12.1 Å². The van der Waals surface area contributed by atoms with Crippen LogP contribution in [0.3, 0.4) is 0 Å². The van der Waals surface area contributed by atoms with Gasteiger partial charge in [-0.3, -0.25) is 9.59 Å². The summed E-state index contributed by atoms with van der Waals surface area (Å²) in [6.45, 7) is 1.90. The second-order valence-electron chi connectivity index (χ2n) is 4.79. The van der Waals surface area contributed by atoms with E-state index in [-0.39, 0.29) is 12.8 Å². The Labute approximate surface area is 122 Å². The molecule has 2 amide bonds. The average molecular weight is 293 g/mol. The van der Waals surface area contributed by atoms with Crippen LogP contribution in [0, 0.1) is 6.92 Å². The fourth-order valence-corrected chi connectivity index (χ4v) is 1.73. The highest BCUT2D eigenvalue weighted by molar-refractivity contribution is 5.88. The molecule has 6 N–H and O–H groups in total. The molecule has 0 aliphatic rings. The van der Waals surface area contributed by atoms with Crippen LogP contribution in [0.5, 0.6) is 0 Å². The third kappa shape index (κ3) is 5.23. The van der Waals surface area contributed by atoms with Gasteiger partial charge >= 0.3 is 5.97 Å². The summed E-state index contributed by atoms with van der Waals surface area (Å²) in [5.41, 5.74) is 12.4. The third-order valence-electron chi connectivity index (χ3n) is 3.01. The Hall–Kier alpha value is -2.41. The molecule has 1 aromatic rings. The lowest BCUT2D eigenvalue weighted by Crippen LogP contribution is -2.45. The van der Waals surface area contributed by atoms with Crippen molar-refractivity contribution in [2.24, 2.45) is 11.5 Å². The first-order chi connectivity index (χ1) is 9.81. The molecular weight excluding hydrogens is 274 g/mol. The van der Waals surface area contributed by atoms with Crippen LogP contribution in [0.2, 0.25) is 0 Å². The molecule has 1 rings (SSSR count). The first kappa shape index (κ1) is 16.6. The molecule has 0 aliphatic heterocycles. The summed E-state index contributed by atoms with van der Waals surface area (Å²) in [7, 11) is 0. The van der Waals surface area contributed by atoms with Crippen molar-refractivity contribution in [1.82, 2.24) is 5.32 Å². The Morgan fingerprint density at radius 2 is 1.81 bits per heavy atom. The number of rotatable bonds is 7. The highest BCUT2D eigenvalue weighted by Gasteiger charge is 2.24. The molecule has 0 fully saturated rings. The second-order valence-corrected chi connectivity index (χ2v) is 4.79. The van der Waals surface area contributed by atoms with E-state index in [4.69, 9.17) is 16.6 Å². The molecule has 0 aromatic heterocycles. The number of amides is 2. The summed E-state index contributed by atoms with van der Waals surface area (Å²) in [5.74, 6) is -2.48. The summed E-state index contributed by atoms with van der Waals surface area (Å²) in [4.78, 5) is 33.7. The minimum Gasteiger partial charge on any atom is -0.480 e. The normalized spacial score (nSPS) is 13.2. The highest BCUT2D eigenvalue weighted by Crippen LogP contribution is 2.12. The Morgan fingerprint density at radius 3 is 2.29 bits per heavy atom. The van der Waals surface area contributed by atoms with Crippen LogP contribution < -0.4 is 16.8 Å². The average Bonchev–Trinajstić information content (AvgIpc) is 2.42. The fraction of sp³-hybridized carbons (Fsp3) is 0.357. The molecule has 1 aromatic carbocycles. The Bertz CT molecular complexity index is 528. The minimum absolute atomic E-state index is 0.0724. The predicted octanol–water partition coefficient (Wildman–Crippen LogP) is -0.170. The molecule has 7 heteroatoms. The van der Waals surface area contributed by atoms with Crippen molar-refractivity contribution in [2.45, 2.75) is 31.8 Å². The lowest BCUT2D eigenvalue weighted by atomic mass is 10.0. The van der Waals surface area contributed by atoms with Gasteiger partial charge in [-0.2, -0.15) is 0 Å². The zero-order chi connectivity index (χ0) is 16.0. The topological polar surface area (TPSA) is 136 Å². The van der Waals surface area contributed by atoms with Crippen LogP contribution >= 0.6 is 0 Å². The summed E-state index contributed by atoms with van der Waals surface area (Å²) >= 11 is 0. The number of carbonyl (C=O) groups excluding carboxylic acids is 2. The quantitative estimate of drug-likeness (QED) is 0.553. The summed E-state index contributed by atoms with van der Waals surface area (Å²) in [6, 6.07) is 4.87. The fourth-order valence-electron chi connectivity index (χ4n) is 1.73. The predicted molar refractivity (Wildman–Crippen MR) is 76.1 cm³/mol. The summed E-state index contributed by atoms with van der Waals surface area (Å²) in [6.07, 6.45) is -0.200. The van der Waals surface area contributed by atoms with Gasteiger partial charge in [0.05, 0.1) is 0 Å². The van der Waals surface area contributed by atoms with Crippen LogP contribution in [-0.4, -0.2) is 28.9 Å². The van der Waals surface area contributed by atoms with Crippen molar-refractivity contribution in [3.05, 3.63) is 35.4 Å². The zero-order valence-electron chi connectivity index (χ0n) is 11.7. The second kappa shape index (κ2) is 7.39. The largest absolute Gasteiger partial charge is 0.480 e. The van der Waals surface area contributed by atoms with E-state index in [9.17, 15) is 14.4 Å². The van der Waals surface area contributed by atoms with Gasteiger partial charge in [-0.1, -0.05) is 29.8 Å². The van der Waals surface area contributed by atoms with Crippen molar-refractivity contribution in [3.63, 3.8) is 0 Å². The van der Waals surface area contributed by atoms with E-state index in [0.29, 0.717) is 5.56 Å². The Kier molecular flexibility index (Phi) is 5.86. The van der Waals surface area contributed by atoms with Crippen molar-refractivity contribution < 1.29 is 19.5 Å². The number of hydrogen-bond acceptors (Lipinski definition) is 4. The van der Waals surface area contributed by atoms with Crippen molar-refractivity contribution >= 4 is 17.8 Å². The van der Waals surface area contributed by atoms with Gasteiger partial charge in [0.15, 0.2) is 0 Å². The van der Waals surface area contributed by atoms with E-state index in [0.717, 1.165) is 5.56 Å². The highest BCUT2D eigenvalue weighted by atomic mass is 16.4. The number of aryl methyl sites for hydroxylation is 1. The van der Waals surface area contributed by atoms with E-state index < -0.39 is 29.9 Å².